The van der Waals surface area contributed by atoms with E-state index in [4.69, 9.17) is 8.85 Å². The Balaban J connectivity index is 2.50. The normalized spacial score (nSPS) is 26.3. The van der Waals surface area contributed by atoms with Gasteiger partial charge >= 0.3 is 0 Å². The van der Waals surface area contributed by atoms with Crippen LogP contribution < -0.4 is 0 Å². The van der Waals surface area contributed by atoms with Gasteiger partial charge < -0.3 is 8.85 Å². The van der Waals surface area contributed by atoms with Crippen LogP contribution in [0.1, 0.15) is 39.5 Å². The van der Waals surface area contributed by atoms with Crippen LogP contribution in [0, 0.1) is 0 Å². The van der Waals surface area contributed by atoms with Gasteiger partial charge in [-0.15, -0.1) is 0 Å². The topological polar surface area (TPSA) is 18.5 Å². The Morgan fingerprint density at radius 1 is 0.722 bits per heavy atom. The predicted molar refractivity (Wildman–Crippen MR) is 84.2 cm³/mol. The second-order valence-corrected chi connectivity index (χ2v) is 15.2. The summed E-state index contributed by atoms with van der Waals surface area (Å²) in [5, 5.41) is 0. The molecule has 0 saturated heterocycles. The molecule has 1 aliphatic carbocycles. The molecule has 0 N–H and O–H groups in total. The smallest absolute Gasteiger partial charge is 0.189 e. The van der Waals surface area contributed by atoms with Crippen LogP contribution in [0.25, 0.3) is 0 Å². The van der Waals surface area contributed by atoms with E-state index in [2.05, 4.69) is 40.0 Å². The fourth-order valence-corrected chi connectivity index (χ4v) is 8.87. The Morgan fingerprint density at radius 2 is 1.00 bits per heavy atom. The van der Waals surface area contributed by atoms with Crippen molar-refractivity contribution in [3.8, 4) is 0 Å². The monoisotopic (exact) mass is 288 g/mol. The maximum Gasteiger partial charge on any atom is 0.189 e. The number of hydrogen-bond donors (Lipinski definition) is 0. The molecule has 0 aliphatic heterocycles. The van der Waals surface area contributed by atoms with Crippen LogP contribution in [0.15, 0.2) is 0 Å². The zero-order valence-corrected chi connectivity index (χ0v) is 15.2. The van der Waals surface area contributed by atoms with E-state index in [0.29, 0.717) is 0 Å². The highest BCUT2D eigenvalue weighted by Gasteiger charge is 2.41. The van der Waals surface area contributed by atoms with Crippen molar-refractivity contribution >= 4 is 16.6 Å². The molecule has 4 heteroatoms. The van der Waals surface area contributed by atoms with Crippen LogP contribution in [0.2, 0.25) is 37.3 Å². The largest absolute Gasteiger partial charge is 0.417 e. The van der Waals surface area contributed by atoms with Crippen LogP contribution >= 0.6 is 0 Å². The lowest BCUT2D eigenvalue weighted by Gasteiger charge is -2.41. The minimum atomic E-state index is -1.44. The van der Waals surface area contributed by atoms with Crippen molar-refractivity contribution < 1.29 is 8.85 Å². The SMILES string of the molecule is CCO[Si](C)(C)C1CCC([Si](C)(C)OCC)CC1. The van der Waals surface area contributed by atoms with Gasteiger partial charge in [0, 0.05) is 13.2 Å². The summed E-state index contributed by atoms with van der Waals surface area (Å²) in [6, 6.07) is 0. The molecule has 1 aliphatic rings. The van der Waals surface area contributed by atoms with Gasteiger partial charge in [0.2, 0.25) is 0 Å². The molecule has 0 radical (unpaired) electrons. The van der Waals surface area contributed by atoms with Crippen molar-refractivity contribution in [1.29, 1.82) is 0 Å². The first-order valence-electron chi connectivity index (χ1n) is 7.61. The molecule has 0 bridgehead atoms. The van der Waals surface area contributed by atoms with Crippen LogP contribution in [0.5, 0.6) is 0 Å². The average molecular weight is 289 g/mol. The zero-order chi connectivity index (χ0) is 13.8. The van der Waals surface area contributed by atoms with Gasteiger partial charge in [-0.25, -0.2) is 0 Å². The first-order valence-corrected chi connectivity index (χ1v) is 13.6. The molecule has 0 heterocycles. The summed E-state index contributed by atoms with van der Waals surface area (Å²) in [5.74, 6) is 0. The van der Waals surface area contributed by atoms with Crippen molar-refractivity contribution in [3.05, 3.63) is 0 Å². The molecule has 0 unspecified atom stereocenters. The van der Waals surface area contributed by atoms with Crippen molar-refractivity contribution in [2.75, 3.05) is 13.2 Å². The molecule has 18 heavy (non-hydrogen) atoms. The Kier molecular flexibility index (Phi) is 6.09. The quantitative estimate of drug-likeness (QED) is 0.655. The highest BCUT2D eigenvalue weighted by molar-refractivity contribution is 6.73. The van der Waals surface area contributed by atoms with E-state index < -0.39 is 16.6 Å². The number of hydrogen-bond acceptors (Lipinski definition) is 2. The Morgan fingerprint density at radius 3 is 1.22 bits per heavy atom. The van der Waals surface area contributed by atoms with Gasteiger partial charge in [-0.1, -0.05) is 25.7 Å². The summed E-state index contributed by atoms with van der Waals surface area (Å²) >= 11 is 0. The first-order chi connectivity index (χ1) is 8.33. The molecule has 0 aromatic rings. The van der Waals surface area contributed by atoms with E-state index in [1.54, 1.807) is 0 Å². The van der Waals surface area contributed by atoms with Gasteiger partial charge in [0.25, 0.3) is 0 Å². The third-order valence-corrected chi connectivity index (χ3v) is 11.9. The van der Waals surface area contributed by atoms with Crippen LogP contribution in [0.4, 0.5) is 0 Å². The average Bonchev–Trinajstić information content (AvgIpc) is 2.29. The molecule has 0 atom stereocenters. The van der Waals surface area contributed by atoms with E-state index in [1.807, 2.05) is 0 Å². The minimum Gasteiger partial charge on any atom is -0.417 e. The Bertz CT molecular complexity index is 220. The lowest BCUT2D eigenvalue weighted by molar-refractivity contribution is 0.288. The highest BCUT2D eigenvalue weighted by Crippen LogP contribution is 2.45. The highest BCUT2D eigenvalue weighted by atomic mass is 28.4. The van der Waals surface area contributed by atoms with Gasteiger partial charge in [-0.3, -0.25) is 0 Å². The molecule has 0 spiro atoms. The molecular formula is C14H32O2Si2. The van der Waals surface area contributed by atoms with E-state index in [1.165, 1.54) is 25.7 Å². The third-order valence-electron chi connectivity index (χ3n) is 4.73. The van der Waals surface area contributed by atoms with Crippen molar-refractivity contribution in [2.24, 2.45) is 0 Å². The molecular weight excluding hydrogens is 256 g/mol. The number of rotatable bonds is 6. The van der Waals surface area contributed by atoms with Crippen molar-refractivity contribution in [3.63, 3.8) is 0 Å². The summed E-state index contributed by atoms with van der Waals surface area (Å²) in [5.41, 5.74) is 1.72. The Hall–Kier alpha value is 0.354. The molecule has 1 saturated carbocycles. The summed E-state index contributed by atoms with van der Waals surface area (Å²) in [4.78, 5) is 0. The molecule has 0 aromatic heterocycles. The van der Waals surface area contributed by atoms with Crippen molar-refractivity contribution in [2.45, 2.75) is 76.8 Å². The molecule has 2 nitrogen and oxygen atoms in total. The fourth-order valence-electron chi connectivity index (χ4n) is 3.46. The van der Waals surface area contributed by atoms with E-state index in [0.717, 1.165) is 24.3 Å². The van der Waals surface area contributed by atoms with Crippen molar-refractivity contribution in [1.82, 2.24) is 0 Å². The standard InChI is InChI=1S/C14H32O2Si2/c1-7-15-17(3,4)13-9-11-14(12-10-13)18(5,6)16-8-2/h13-14H,7-12H2,1-6H3. The van der Waals surface area contributed by atoms with Gasteiger partial charge in [0.05, 0.1) is 0 Å². The minimum absolute atomic E-state index is 0.861. The zero-order valence-electron chi connectivity index (χ0n) is 13.2. The lowest BCUT2D eigenvalue weighted by atomic mass is 9.99. The summed E-state index contributed by atoms with van der Waals surface area (Å²) in [7, 11) is -2.87. The van der Waals surface area contributed by atoms with E-state index in [-0.39, 0.29) is 0 Å². The molecule has 0 aromatic carbocycles. The second kappa shape index (κ2) is 6.68. The molecule has 1 rings (SSSR count). The summed E-state index contributed by atoms with van der Waals surface area (Å²) < 4.78 is 12.1. The second-order valence-electron chi connectivity index (χ2n) is 6.62. The van der Waals surface area contributed by atoms with Crippen LogP contribution in [-0.2, 0) is 8.85 Å². The fraction of sp³-hybridized carbons (Fsp3) is 1.00. The van der Waals surface area contributed by atoms with E-state index >= 15 is 0 Å². The van der Waals surface area contributed by atoms with Crippen LogP contribution in [0.3, 0.4) is 0 Å². The maximum atomic E-state index is 6.06. The Labute approximate surface area is 116 Å². The molecule has 108 valence electrons. The maximum absolute atomic E-state index is 6.06. The molecule has 1 fully saturated rings. The van der Waals surface area contributed by atoms with Gasteiger partial charge in [-0.2, -0.15) is 0 Å². The van der Waals surface area contributed by atoms with Crippen LogP contribution in [-0.4, -0.2) is 29.8 Å². The van der Waals surface area contributed by atoms with E-state index in [9.17, 15) is 0 Å². The summed E-state index contributed by atoms with van der Waals surface area (Å²) in [6.07, 6.45) is 5.47. The lowest BCUT2D eigenvalue weighted by Crippen LogP contribution is -2.42. The summed E-state index contributed by atoms with van der Waals surface area (Å²) in [6.45, 7) is 15.6. The first kappa shape index (κ1) is 16.4. The molecule has 0 amide bonds. The third kappa shape index (κ3) is 4.18. The van der Waals surface area contributed by atoms with Gasteiger partial charge in [0.15, 0.2) is 16.6 Å². The van der Waals surface area contributed by atoms with Gasteiger partial charge in [0.1, 0.15) is 0 Å². The predicted octanol–water partition coefficient (Wildman–Crippen LogP) is 4.78. The van der Waals surface area contributed by atoms with Gasteiger partial charge in [-0.05, 0) is 51.1 Å².